The summed E-state index contributed by atoms with van der Waals surface area (Å²) in [6.45, 7) is 4.32. The van der Waals surface area contributed by atoms with E-state index in [0.717, 1.165) is 35.4 Å². The van der Waals surface area contributed by atoms with Gasteiger partial charge in [-0.05, 0) is 59.3 Å². The molecule has 84 valence electrons. The zero-order valence-electron chi connectivity index (χ0n) is 9.13. The third kappa shape index (κ3) is 3.35. The topological polar surface area (TPSA) is 25.2 Å². The Bertz CT molecular complexity index is 310. The summed E-state index contributed by atoms with van der Waals surface area (Å²) < 4.78 is 6.24. The molecule has 0 aliphatic heterocycles. The molecule has 1 aromatic rings. The Morgan fingerprint density at radius 1 is 1.47 bits per heavy atom. The summed E-state index contributed by atoms with van der Waals surface area (Å²) in [6, 6.07) is 3.95. The van der Waals surface area contributed by atoms with E-state index in [1.807, 2.05) is 12.1 Å². The predicted molar refractivity (Wildman–Crippen MR) is 64.6 cm³/mol. The number of nitrogens with one attached hydrogen (secondary N) is 1. The fraction of sp³-hybridized carbons (Fsp3) is 0.667. The fourth-order valence-corrected chi connectivity index (χ4v) is 2.70. The Balaban J connectivity index is 1.67. The van der Waals surface area contributed by atoms with Crippen molar-refractivity contribution in [3.63, 3.8) is 0 Å². The molecule has 2 atom stereocenters. The molecule has 1 N–H and O–H groups in total. The SMILES string of the molecule is CC1CCC(CNCc2ccc(Br)o2)C1. The van der Waals surface area contributed by atoms with E-state index in [4.69, 9.17) is 4.42 Å². The van der Waals surface area contributed by atoms with Crippen LogP contribution in [-0.2, 0) is 6.54 Å². The zero-order chi connectivity index (χ0) is 10.7. The van der Waals surface area contributed by atoms with Crippen molar-refractivity contribution in [3.8, 4) is 0 Å². The van der Waals surface area contributed by atoms with Gasteiger partial charge in [0.1, 0.15) is 5.76 Å². The van der Waals surface area contributed by atoms with E-state index in [-0.39, 0.29) is 0 Å². The van der Waals surface area contributed by atoms with Crippen LogP contribution in [0.2, 0.25) is 0 Å². The van der Waals surface area contributed by atoms with E-state index < -0.39 is 0 Å². The van der Waals surface area contributed by atoms with Gasteiger partial charge in [0.05, 0.1) is 6.54 Å². The lowest BCUT2D eigenvalue weighted by Crippen LogP contribution is -2.20. The normalized spacial score (nSPS) is 26.0. The number of furan rings is 1. The molecule has 0 aromatic carbocycles. The summed E-state index contributed by atoms with van der Waals surface area (Å²) >= 11 is 3.30. The Hall–Kier alpha value is -0.280. The van der Waals surface area contributed by atoms with Crippen molar-refractivity contribution < 1.29 is 4.42 Å². The number of rotatable bonds is 4. The molecule has 0 spiro atoms. The second-order valence-electron chi connectivity index (χ2n) is 4.62. The molecule has 2 nitrogen and oxygen atoms in total. The minimum absolute atomic E-state index is 0.814. The fourth-order valence-electron chi connectivity index (χ4n) is 2.36. The first-order valence-electron chi connectivity index (χ1n) is 5.69. The predicted octanol–water partition coefficient (Wildman–Crippen LogP) is 3.57. The Labute approximate surface area is 99.6 Å². The van der Waals surface area contributed by atoms with Crippen LogP contribution in [0.5, 0.6) is 0 Å². The van der Waals surface area contributed by atoms with Crippen molar-refractivity contribution in [2.75, 3.05) is 6.54 Å². The molecule has 1 aliphatic rings. The summed E-state index contributed by atoms with van der Waals surface area (Å²) in [6.07, 6.45) is 4.17. The quantitative estimate of drug-likeness (QED) is 0.906. The van der Waals surface area contributed by atoms with Crippen LogP contribution < -0.4 is 5.32 Å². The van der Waals surface area contributed by atoms with Crippen LogP contribution in [0.3, 0.4) is 0 Å². The van der Waals surface area contributed by atoms with E-state index in [9.17, 15) is 0 Å². The molecule has 1 heterocycles. The highest BCUT2D eigenvalue weighted by Crippen LogP contribution is 2.29. The van der Waals surface area contributed by atoms with Gasteiger partial charge in [-0.1, -0.05) is 13.3 Å². The van der Waals surface area contributed by atoms with Gasteiger partial charge >= 0.3 is 0 Å². The summed E-state index contributed by atoms with van der Waals surface area (Å²) in [5.74, 6) is 2.81. The second kappa shape index (κ2) is 5.17. The molecule has 2 unspecified atom stereocenters. The van der Waals surface area contributed by atoms with E-state index in [1.54, 1.807) is 0 Å². The maximum Gasteiger partial charge on any atom is 0.169 e. The first-order chi connectivity index (χ1) is 7.24. The molecule has 15 heavy (non-hydrogen) atoms. The van der Waals surface area contributed by atoms with Gasteiger partial charge in [-0.2, -0.15) is 0 Å². The highest BCUT2D eigenvalue weighted by atomic mass is 79.9. The van der Waals surface area contributed by atoms with Gasteiger partial charge in [-0.3, -0.25) is 0 Å². The van der Waals surface area contributed by atoms with Crippen LogP contribution in [0.25, 0.3) is 0 Å². The average molecular weight is 272 g/mol. The van der Waals surface area contributed by atoms with Crippen LogP contribution in [-0.4, -0.2) is 6.54 Å². The van der Waals surface area contributed by atoms with Crippen molar-refractivity contribution in [1.82, 2.24) is 5.32 Å². The standard InChI is InChI=1S/C12H18BrNO/c1-9-2-3-10(6-9)7-14-8-11-4-5-12(13)15-11/h4-5,9-10,14H,2-3,6-8H2,1H3. The molecule has 0 saturated heterocycles. The summed E-state index contributed by atoms with van der Waals surface area (Å²) in [5.41, 5.74) is 0. The molecular weight excluding hydrogens is 254 g/mol. The minimum atomic E-state index is 0.814. The molecule has 1 saturated carbocycles. The van der Waals surface area contributed by atoms with Crippen LogP contribution in [0.4, 0.5) is 0 Å². The maximum absolute atomic E-state index is 5.42. The number of hydrogen-bond donors (Lipinski definition) is 1. The van der Waals surface area contributed by atoms with Crippen molar-refractivity contribution in [3.05, 3.63) is 22.6 Å². The summed E-state index contributed by atoms with van der Waals surface area (Å²) in [5, 5.41) is 3.46. The lowest BCUT2D eigenvalue weighted by molar-refractivity contribution is 0.428. The second-order valence-corrected chi connectivity index (χ2v) is 5.40. The minimum Gasteiger partial charge on any atom is -0.453 e. The lowest BCUT2D eigenvalue weighted by atomic mass is 10.1. The first-order valence-corrected chi connectivity index (χ1v) is 6.48. The van der Waals surface area contributed by atoms with E-state index >= 15 is 0 Å². The van der Waals surface area contributed by atoms with Gasteiger partial charge in [0, 0.05) is 0 Å². The van der Waals surface area contributed by atoms with Crippen molar-refractivity contribution in [2.45, 2.75) is 32.7 Å². The van der Waals surface area contributed by atoms with E-state index in [0.29, 0.717) is 0 Å². The molecule has 1 aromatic heterocycles. The Morgan fingerprint density at radius 3 is 2.93 bits per heavy atom. The zero-order valence-corrected chi connectivity index (χ0v) is 10.7. The van der Waals surface area contributed by atoms with Gasteiger partial charge in [0.15, 0.2) is 4.67 Å². The molecule has 0 radical (unpaired) electrons. The van der Waals surface area contributed by atoms with Gasteiger partial charge < -0.3 is 9.73 Å². The highest BCUT2D eigenvalue weighted by Gasteiger charge is 2.20. The van der Waals surface area contributed by atoms with Crippen LogP contribution in [0.1, 0.15) is 31.9 Å². The smallest absolute Gasteiger partial charge is 0.169 e. The van der Waals surface area contributed by atoms with E-state index in [2.05, 4.69) is 28.2 Å². The highest BCUT2D eigenvalue weighted by molar-refractivity contribution is 9.10. The van der Waals surface area contributed by atoms with Gasteiger partial charge in [-0.25, -0.2) is 0 Å². The maximum atomic E-state index is 5.42. The average Bonchev–Trinajstić information content (AvgIpc) is 2.76. The molecule has 3 heteroatoms. The summed E-state index contributed by atoms with van der Waals surface area (Å²) in [4.78, 5) is 0. The molecule has 0 amide bonds. The largest absolute Gasteiger partial charge is 0.453 e. The van der Waals surface area contributed by atoms with Crippen molar-refractivity contribution in [2.24, 2.45) is 11.8 Å². The third-order valence-electron chi connectivity index (χ3n) is 3.16. The van der Waals surface area contributed by atoms with Gasteiger partial charge in [0.25, 0.3) is 0 Å². The van der Waals surface area contributed by atoms with Crippen LogP contribution >= 0.6 is 15.9 Å². The molecular formula is C12H18BrNO. The monoisotopic (exact) mass is 271 g/mol. The van der Waals surface area contributed by atoms with Crippen molar-refractivity contribution in [1.29, 1.82) is 0 Å². The van der Waals surface area contributed by atoms with E-state index in [1.165, 1.54) is 19.3 Å². The number of hydrogen-bond acceptors (Lipinski definition) is 2. The molecule has 2 rings (SSSR count). The Kier molecular flexibility index (Phi) is 3.87. The molecule has 1 aliphatic carbocycles. The molecule has 0 bridgehead atoms. The number of halogens is 1. The van der Waals surface area contributed by atoms with Gasteiger partial charge in [0.2, 0.25) is 0 Å². The Morgan fingerprint density at radius 2 is 2.33 bits per heavy atom. The van der Waals surface area contributed by atoms with Crippen molar-refractivity contribution >= 4 is 15.9 Å². The van der Waals surface area contributed by atoms with Gasteiger partial charge in [-0.15, -0.1) is 0 Å². The third-order valence-corrected chi connectivity index (χ3v) is 3.59. The lowest BCUT2D eigenvalue weighted by Gasteiger charge is -2.09. The molecule has 1 fully saturated rings. The van der Waals surface area contributed by atoms with Crippen LogP contribution in [0.15, 0.2) is 21.2 Å². The first kappa shape index (κ1) is 11.2. The summed E-state index contributed by atoms with van der Waals surface area (Å²) in [7, 11) is 0. The van der Waals surface area contributed by atoms with Crippen LogP contribution in [0, 0.1) is 11.8 Å².